The van der Waals surface area contributed by atoms with Crippen LogP contribution in [0.5, 0.6) is 0 Å². The highest BCUT2D eigenvalue weighted by Crippen LogP contribution is 2.41. The van der Waals surface area contributed by atoms with Crippen molar-refractivity contribution in [2.75, 3.05) is 0 Å². The number of aromatic nitrogens is 2. The molecule has 60 valence electrons. The van der Waals surface area contributed by atoms with Gasteiger partial charge in [0.15, 0.2) is 0 Å². The van der Waals surface area contributed by atoms with Crippen LogP contribution in [0.2, 0.25) is 0 Å². The molecule has 0 aromatic carbocycles. The lowest BCUT2D eigenvalue weighted by atomic mass is 10.2. The first-order valence-electron chi connectivity index (χ1n) is 3.89. The van der Waals surface area contributed by atoms with Gasteiger partial charge in [-0.05, 0) is 12.8 Å². The number of hydrogen-bond acceptors (Lipinski definition) is 1. The Morgan fingerprint density at radius 1 is 1.73 bits per heavy atom. The minimum Gasteiger partial charge on any atom is -0.272 e. The summed E-state index contributed by atoms with van der Waals surface area (Å²) in [5.41, 5.74) is 2.55. The van der Waals surface area contributed by atoms with Crippen molar-refractivity contribution in [3.63, 3.8) is 0 Å². The molecule has 0 bridgehead atoms. The highest BCUT2D eigenvalue weighted by Gasteiger charge is 2.28. The second-order valence-corrected chi connectivity index (χ2v) is 3.35. The highest BCUT2D eigenvalue weighted by molar-refractivity contribution is 6.17. The largest absolute Gasteiger partial charge is 0.272 e. The van der Waals surface area contributed by atoms with Gasteiger partial charge in [0, 0.05) is 24.2 Å². The van der Waals surface area contributed by atoms with Gasteiger partial charge in [-0.25, -0.2) is 0 Å². The third-order valence-corrected chi connectivity index (χ3v) is 2.46. The van der Waals surface area contributed by atoms with Crippen LogP contribution in [0.1, 0.15) is 30.0 Å². The third-order valence-electron chi connectivity index (χ3n) is 2.17. The molecule has 0 aliphatic heterocycles. The van der Waals surface area contributed by atoms with Gasteiger partial charge in [-0.3, -0.25) is 4.68 Å². The van der Waals surface area contributed by atoms with Crippen molar-refractivity contribution in [1.29, 1.82) is 0 Å². The first kappa shape index (κ1) is 7.17. The van der Waals surface area contributed by atoms with Crippen molar-refractivity contribution in [1.82, 2.24) is 9.78 Å². The minimum absolute atomic E-state index is 0.597. The Hall–Kier alpha value is -0.500. The second-order valence-electron chi connectivity index (χ2n) is 3.09. The van der Waals surface area contributed by atoms with E-state index in [1.165, 1.54) is 24.1 Å². The van der Waals surface area contributed by atoms with Gasteiger partial charge in [-0.2, -0.15) is 5.10 Å². The maximum Gasteiger partial charge on any atom is 0.0536 e. The van der Waals surface area contributed by atoms with E-state index in [1.54, 1.807) is 0 Å². The summed E-state index contributed by atoms with van der Waals surface area (Å²) in [6.45, 7) is 0. The Morgan fingerprint density at radius 3 is 3.00 bits per heavy atom. The fourth-order valence-corrected chi connectivity index (χ4v) is 1.68. The van der Waals surface area contributed by atoms with Crippen molar-refractivity contribution >= 4 is 11.6 Å². The summed E-state index contributed by atoms with van der Waals surface area (Å²) in [6.07, 6.45) is 4.49. The molecule has 2 nitrogen and oxygen atoms in total. The Morgan fingerprint density at radius 2 is 2.45 bits per heavy atom. The van der Waals surface area contributed by atoms with E-state index in [0.717, 1.165) is 5.92 Å². The predicted molar refractivity (Wildman–Crippen MR) is 44.7 cm³/mol. The third kappa shape index (κ3) is 1.16. The lowest BCUT2D eigenvalue weighted by molar-refractivity contribution is 0.711. The fourth-order valence-electron chi connectivity index (χ4n) is 1.48. The number of hydrogen-bond donors (Lipinski definition) is 0. The minimum atomic E-state index is 0.597. The van der Waals surface area contributed by atoms with Gasteiger partial charge in [-0.1, -0.05) is 0 Å². The molecule has 1 aliphatic rings. The summed E-state index contributed by atoms with van der Waals surface area (Å²) >= 11 is 5.76. The van der Waals surface area contributed by atoms with E-state index in [1.807, 2.05) is 17.9 Å². The van der Waals surface area contributed by atoms with E-state index < -0.39 is 0 Å². The van der Waals surface area contributed by atoms with Crippen molar-refractivity contribution in [2.45, 2.75) is 24.6 Å². The Balaban J connectivity index is 2.38. The van der Waals surface area contributed by atoms with Crippen molar-refractivity contribution in [3.05, 3.63) is 17.5 Å². The molecule has 0 unspecified atom stereocenters. The standard InChI is InChI=1S/C8H11ClN2/c1-11-8(6-2-3-6)7(4-9)5-10-11/h5-6H,2-4H2,1H3. The van der Waals surface area contributed by atoms with Gasteiger partial charge in [0.2, 0.25) is 0 Å². The molecule has 1 heterocycles. The first-order chi connectivity index (χ1) is 5.33. The number of alkyl halides is 1. The smallest absolute Gasteiger partial charge is 0.0536 e. The molecular weight excluding hydrogens is 160 g/mol. The summed E-state index contributed by atoms with van der Waals surface area (Å²) in [5.74, 6) is 1.34. The number of halogens is 1. The van der Waals surface area contributed by atoms with Gasteiger partial charge in [-0.15, -0.1) is 11.6 Å². The Labute approximate surface area is 71.2 Å². The van der Waals surface area contributed by atoms with Crippen LogP contribution in [0.25, 0.3) is 0 Å². The van der Waals surface area contributed by atoms with Crippen molar-refractivity contribution < 1.29 is 0 Å². The molecule has 3 heteroatoms. The quantitative estimate of drug-likeness (QED) is 0.622. The van der Waals surface area contributed by atoms with Crippen LogP contribution in [0.3, 0.4) is 0 Å². The van der Waals surface area contributed by atoms with Gasteiger partial charge < -0.3 is 0 Å². The molecule has 11 heavy (non-hydrogen) atoms. The van der Waals surface area contributed by atoms with E-state index in [0.29, 0.717) is 5.88 Å². The zero-order chi connectivity index (χ0) is 7.84. The van der Waals surface area contributed by atoms with E-state index in [4.69, 9.17) is 11.6 Å². The SMILES string of the molecule is Cn1ncc(CCl)c1C1CC1. The van der Waals surface area contributed by atoms with E-state index in [9.17, 15) is 0 Å². The second kappa shape index (κ2) is 2.52. The molecule has 0 N–H and O–H groups in total. The van der Waals surface area contributed by atoms with Crippen molar-refractivity contribution in [3.8, 4) is 0 Å². The van der Waals surface area contributed by atoms with Gasteiger partial charge >= 0.3 is 0 Å². The zero-order valence-corrected chi connectivity index (χ0v) is 7.30. The summed E-state index contributed by atoms with van der Waals surface area (Å²) < 4.78 is 1.95. The molecular formula is C8H11ClN2. The summed E-state index contributed by atoms with van der Waals surface area (Å²) in [7, 11) is 1.99. The topological polar surface area (TPSA) is 17.8 Å². The summed E-state index contributed by atoms with van der Waals surface area (Å²) in [4.78, 5) is 0. The molecule has 1 aromatic heterocycles. The maximum atomic E-state index is 5.76. The lowest BCUT2D eigenvalue weighted by Gasteiger charge is -2.00. The van der Waals surface area contributed by atoms with Crippen LogP contribution in [0.4, 0.5) is 0 Å². The normalized spacial score (nSPS) is 17.3. The molecule has 1 saturated carbocycles. The van der Waals surface area contributed by atoms with Gasteiger partial charge in [0.1, 0.15) is 0 Å². The van der Waals surface area contributed by atoms with Gasteiger partial charge in [0.05, 0.1) is 12.1 Å². The highest BCUT2D eigenvalue weighted by atomic mass is 35.5. The van der Waals surface area contributed by atoms with Crippen LogP contribution in [-0.4, -0.2) is 9.78 Å². The maximum absolute atomic E-state index is 5.76. The van der Waals surface area contributed by atoms with Crippen LogP contribution in [0.15, 0.2) is 6.20 Å². The van der Waals surface area contributed by atoms with E-state index in [-0.39, 0.29) is 0 Å². The molecule has 1 fully saturated rings. The summed E-state index contributed by atoms with van der Waals surface area (Å²) in [5, 5.41) is 4.18. The van der Waals surface area contributed by atoms with Crippen LogP contribution in [-0.2, 0) is 12.9 Å². The molecule has 2 rings (SSSR count). The lowest BCUT2D eigenvalue weighted by Crippen LogP contribution is -1.97. The predicted octanol–water partition coefficient (Wildman–Crippen LogP) is 2.04. The molecule has 0 spiro atoms. The first-order valence-corrected chi connectivity index (χ1v) is 4.43. The van der Waals surface area contributed by atoms with E-state index >= 15 is 0 Å². The van der Waals surface area contributed by atoms with Crippen molar-refractivity contribution in [2.24, 2.45) is 7.05 Å². The fraction of sp³-hybridized carbons (Fsp3) is 0.625. The monoisotopic (exact) mass is 170 g/mol. The molecule has 0 saturated heterocycles. The van der Waals surface area contributed by atoms with E-state index in [2.05, 4.69) is 5.10 Å². The Kier molecular flexibility index (Phi) is 1.64. The molecule has 1 aliphatic carbocycles. The number of aryl methyl sites for hydroxylation is 1. The Bertz CT molecular complexity index is 263. The van der Waals surface area contributed by atoms with Gasteiger partial charge in [0.25, 0.3) is 0 Å². The summed E-state index contributed by atoms with van der Waals surface area (Å²) in [6, 6.07) is 0. The number of nitrogens with zero attached hydrogens (tertiary/aromatic N) is 2. The zero-order valence-electron chi connectivity index (χ0n) is 6.55. The van der Waals surface area contributed by atoms with Crippen LogP contribution >= 0.6 is 11.6 Å². The average molecular weight is 171 g/mol. The average Bonchev–Trinajstić information content (AvgIpc) is 2.76. The van der Waals surface area contributed by atoms with Crippen LogP contribution in [0, 0.1) is 0 Å². The molecule has 0 amide bonds. The molecule has 0 radical (unpaired) electrons. The molecule has 0 atom stereocenters. The molecule has 1 aromatic rings. The van der Waals surface area contributed by atoms with Crippen LogP contribution < -0.4 is 0 Å². The number of rotatable bonds is 2.